The molecule has 12 heteroatoms. The maximum atomic E-state index is 12.6. The van der Waals surface area contributed by atoms with E-state index in [-0.39, 0.29) is 4.90 Å². The predicted octanol–water partition coefficient (Wildman–Crippen LogP) is 3.22. The van der Waals surface area contributed by atoms with Gasteiger partial charge in [0, 0.05) is 7.05 Å². The van der Waals surface area contributed by atoms with Crippen LogP contribution in [0.3, 0.4) is 0 Å². The van der Waals surface area contributed by atoms with E-state index in [0.29, 0.717) is 19.9 Å². The van der Waals surface area contributed by atoms with Crippen LogP contribution in [-0.2, 0) is 14.8 Å². The van der Waals surface area contributed by atoms with Gasteiger partial charge in [0.05, 0.1) is 26.3 Å². The Morgan fingerprint density at radius 2 is 1.74 bits per heavy atom. The van der Waals surface area contributed by atoms with Gasteiger partial charge in [0.1, 0.15) is 9.88 Å². The second-order valence-electron chi connectivity index (χ2n) is 6.61. The van der Waals surface area contributed by atoms with Crippen LogP contribution in [0, 0.1) is 13.8 Å². The van der Waals surface area contributed by atoms with Gasteiger partial charge >= 0.3 is 0 Å². The normalized spacial score (nSPS) is 11.5. The van der Waals surface area contributed by atoms with E-state index in [9.17, 15) is 18.0 Å². The van der Waals surface area contributed by atoms with Gasteiger partial charge in [0.25, 0.3) is 11.8 Å². The number of aryl methyl sites for hydroxylation is 2. The number of hydrazine groups is 1. The smallest absolute Gasteiger partial charge is 0.272 e. The second-order valence-corrected chi connectivity index (χ2v) is 11.4. The zero-order valence-corrected chi connectivity index (χ0v) is 20.0. The fraction of sp³-hybridized carbons (Fsp3) is 0.211. The molecule has 3 rings (SSSR count). The number of thiophene rings is 1. The van der Waals surface area contributed by atoms with E-state index < -0.39 is 28.4 Å². The molecule has 164 valence electrons. The number of carbonyl (C=O) groups is 2. The van der Waals surface area contributed by atoms with Crippen molar-refractivity contribution >= 4 is 56.1 Å². The fourth-order valence-electron chi connectivity index (χ4n) is 2.54. The summed E-state index contributed by atoms with van der Waals surface area (Å²) in [5, 5.41) is 0.648. The fourth-order valence-corrected chi connectivity index (χ4v) is 5.73. The SMILES string of the molecule is Cc1ccc(S(=O)(=O)N(C)CC(=O)NNC(=O)c2sc(-c3ccc(Cl)s3)nc2C)cc1. The van der Waals surface area contributed by atoms with Gasteiger partial charge in [-0.1, -0.05) is 29.3 Å². The molecule has 0 radical (unpaired) electrons. The van der Waals surface area contributed by atoms with Crippen LogP contribution in [0.2, 0.25) is 4.34 Å². The standard InChI is InChI=1S/C19H19ClN4O4S3/c1-11-4-6-13(7-5-11)31(27,28)24(3)10-16(25)22-23-18(26)17-12(2)21-19(30-17)14-8-9-15(20)29-14/h4-9H,10H2,1-3H3,(H,22,25)(H,23,26). The Hall–Kier alpha value is -2.31. The van der Waals surface area contributed by atoms with Crippen LogP contribution in [0.15, 0.2) is 41.3 Å². The van der Waals surface area contributed by atoms with Crippen LogP contribution < -0.4 is 10.9 Å². The molecule has 0 bridgehead atoms. The molecule has 1 aromatic carbocycles. The van der Waals surface area contributed by atoms with Crippen molar-refractivity contribution in [3.63, 3.8) is 0 Å². The van der Waals surface area contributed by atoms with Gasteiger partial charge in [0.15, 0.2) is 0 Å². The third kappa shape index (κ3) is 5.49. The van der Waals surface area contributed by atoms with Gasteiger partial charge in [-0.3, -0.25) is 20.4 Å². The van der Waals surface area contributed by atoms with Gasteiger partial charge in [-0.2, -0.15) is 4.31 Å². The van der Waals surface area contributed by atoms with E-state index in [4.69, 9.17) is 11.6 Å². The summed E-state index contributed by atoms with van der Waals surface area (Å²) in [6, 6.07) is 9.88. The number of aromatic nitrogens is 1. The number of nitrogens with one attached hydrogen (secondary N) is 2. The summed E-state index contributed by atoms with van der Waals surface area (Å²) < 4.78 is 26.7. The van der Waals surface area contributed by atoms with Crippen molar-refractivity contribution in [1.82, 2.24) is 20.1 Å². The van der Waals surface area contributed by atoms with Gasteiger partial charge in [-0.15, -0.1) is 22.7 Å². The summed E-state index contributed by atoms with van der Waals surface area (Å²) in [6.45, 7) is 3.07. The molecule has 2 aromatic heterocycles. The summed E-state index contributed by atoms with van der Waals surface area (Å²) in [5.74, 6) is -1.22. The summed E-state index contributed by atoms with van der Waals surface area (Å²) in [4.78, 5) is 30.2. The maximum Gasteiger partial charge on any atom is 0.281 e. The molecule has 0 fully saturated rings. The summed E-state index contributed by atoms with van der Waals surface area (Å²) in [7, 11) is -2.54. The van der Waals surface area contributed by atoms with Crippen molar-refractivity contribution in [1.29, 1.82) is 0 Å². The zero-order valence-electron chi connectivity index (χ0n) is 16.8. The van der Waals surface area contributed by atoms with Crippen LogP contribution in [-0.4, -0.2) is 43.1 Å². The van der Waals surface area contributed by atoms with Crippen LogP contribution >= 0.6 is 34.3 Å². The molecular formula is C19H19ClN4O4S3. The number of likely N-dealkylation sites (N-methyl/N-ethyl adjacent to an activating group) is 1. The molecule has 0 spiro atoms. The molecule has 2 amide bonds. The number of carbonyl (C=O) groups excluding carboxylic acids is 2. The second kappa shape index (κ2) is 9.45. The Kier molecular flexibility index (Phi) is 7.12. The van der Waals surface area contributed by atoms with E-state index in [2.05, 4.69) is 15.8 Å². The van der Waals surface area contributed by atoms with Crippen LogP contribution in [0.25, 0.3) is 9.88 Å². The number of halogens is 1. The lowest BCUT2D eigenvalue weighted by Crippen LogP contribution is -2.46. The molecule has 0 unspecified atom stereocenters. The first kappa shape index (κ1) is 23.4. The lowest BCUT2D eigenvalue weighted by Gasteiger charge is -2.17. The molecule has 0 saturated carbocycles. The average molecular weight is 499 g/mol. The van der Waals surface area contributed by atoms with Gasteiger partial charge in [0.2, 0.25) is 10.0 Å². The summed E-state index contributed by atoms with van der Waals surface area (Å²) in [5.41, 5.74) is 5.97. The highest BCUT2D eigenvalue weighted by Gasteiger charge is 2.23. The zero-order chi connectivity index (χ0) is 22.8. The number of hydrogen-bond acceptors (Lipinski definition) is 7. The third-order valence-electron chi connectivity index (χ3n) is 4.20. The number of amides is 2. The Morgan fingerprint density at radius 1 is 1.06 bits per heavy atom. The Labute approximate surface area is 192 Å². The van der Waals surface area contributed by atoms with Gasteiger partial charge in [-0.25, -0.2) is 13.4 Å². The summed E-state index contributed by atoms with van der Waals surface area (Å²) >= 11 is 8.47. The highest BCUT2D eigenvalue weighted by atomic mass is 35.5. The Bertz CT molecular complexity index is 1220. The number of benzene rings is 1. The van der Waals surface area contributed by atoms with E-state index in [0.717, 1.165) is 14.7 Å². The minimum absolute atomic E-state index is 0.0823. The molecule has 8 nitrogen and oxygen atoms in total. The van der Waals surface area contributed by atoms with Crippen LogP contribution in [0.1, 0.15) is 20.9 Å². The van der Waals surface area contributed by atoms with E-state index in [1.807, 2.05) is 13.0 Å². The molecule has 2 N–H and O–H groups in total. The molecular weight excluding hydrogens is 480 g/mol. The number of thiazole rings is 1. The molecule has 0 saturated heterocycles. The quantitative estimate of drug-likeness (QED) is 0.507. The molecule has 0 atom stereocenters. The number of hydrogen-bond donors (Lipinski definition) is 2. The summed E-state index contributed by atoms with van der Waals surface area (Å²) in [6.07, 6.45) is 0. The number of nitrogens with zero attached hydrogens (tertiary/aromatic N) is 2. The number of rotatable bonds is 6. The van der Waals surface area contributed by atoms with Crippen molar-refractivity contribution in [3.05, 3.63) is 56.9 Å². The van der Waals surface area contributed by atoms with E-state index in [1.165, 1.54) is 41.9 Å². The van der Waals surface area contributed by atoms with Crippen molar-refractivity contribution < 1.29 is 18.0 Å². The molecule has 0 aliphatic rings. The van der Waals surface area contributed by atoms with Crippen molar-refractivity contribution in [2.45, 2.75) is 18.7 Å². The Morgan fingerprint density at radius 3 is 2.35 bits per heavy atom. The van der Waals surface area contributed by atoms with Crippen molar-refractivity contribution in [2.24, 2.45) is 0 Å². The van der Waals surface area contributed by atoms with Crippen molar-refractivity contribution in [3.8, 4) is 9.88 Å². The highest BCUT2D eigenvalue weighted by molar-refractivity contribution is 7.89. The van der Waals surface area contributed by atoms with E-state index >= 15 is 0 Å². The molecule has 0 aliphatic heterocycles. The lowest BCUT2D eigenvalue weighted by molar-refractivity contribution is -0.121. The first-order valence-corrected chi connectivity index (χ1v) is 12.4. The maximum absolute atomic E-state index is 12.6. The minimum Gasteiger partial charge on any atom is -0.272 e. The largest absolute Gasteiger partial charge is 0.281 e. The molecule has 31 heavy (non-hydrogen) atoms. The number of sulfonamides is 1. The van der Waals surface area contributed by atoms with Crippen molar-refractivity contribution in [2.75, 3.05) is 13.6 Å². The average Bonchev–Trinajstić information content (AvgIpc) is 3.32. The minimum atomic E-state index is -3.83. The van der Waals surface area contributed by atoms with Gasteiger partial charge < -0.3 is 0 Å². The van der Waals surface area contributed by atoms with Crippen LogP contribution in [0.4, 0.5) is 0 Å². The Balaban J connectivity index is 1.60. The monoisotopic (exact) mass is 498 g/mol. The molecule has 3 aromatic rings. The third-order valence-corrected chi connectivity index (χ3v) is 8.57. The topological polar surface area (TPSA) is 108 Å². The predicted molar refractivity (Wildman–Crippen MR) is 122 cm³/mol. The first-order valence-electron chi connectivity index (χ1n) is 8.93. The lowest BCUT2D eigenvalue weighted by atomic mass is 10.2. The molecule has 2 heterocycles. The van der Waals surface area contributed by atoms with Crippen LogP contribution in [0.5, 0.6) is 0 Å². The molecule has 0 aliphatic carbocycles. The highest BCUT2D eigenvalue weighted by Crippen LogP contribution is 2.34. The van der Waals surface area contributed by atoms with Gasteiger partial charge in [-0.05, 0) is 38.1 Å². The first-order chi connectivity index (χ1) is 14.6. The van der Waals surface area contributed by atoms with E-state index in [1.54, 1.807) is 25.1 Å².